The highest BCUT2D eigenvalue weighted by molar-refractivity contribution is 7.91. The summed E-state index contributed by atoms with van der Waals surface area (Å²) in [5.41, 5.74) is 7.28. The molecule has 3 amide bonds. The van der Waals surface area contributed by atoms with Crippen LogP contribution >= 0.6 is 11.3 Å². The molecular formula is C23H25N7O9S2. The van der Waals surface area contributed by atoms with Crippen molar-refractivity contribution in [1.29, 1.82) is 5.53 Å². The van der Waals surface area contributed by atoms with Crippen molar-refractivity contribution < 1.29 is 46.8 Å². The number of carbonyl (C=O) groups excluding carboxylic acids is 5. The SMILES string of the molecule is N=[N+]=CC(=O)[C@H](CCC(=O)[O-])NC(=O)[C@@H]1CCCN2C(=O)CC[C@H](NS(=O)(=O)c3ccc(-c4ccon4)s3)C(=O)N12. The number of aromatic nitrogens is 1. The summed E-state index contributed by atoms with van der Waals surface area (Å²) in [7, 11) is -4.23. The summed E-state index contributed by atoms with van der Waals surface area (Å²) in [6.07, 6.45) is 1.09. The van der Waals surface area contributed by atoms with Crippen molar-refractivity contribution in [3.8, 4) is 10.6 Å². The molecule has 2 aliphatic rings. The summed E-state index contributed by atoms with van der Waals surface area (Å²) < 4.78 is 33.4. The Kier molecular flexibility index (Phi) is 9.07. The third-order valence-corrected chi connectivity index (χ3v) is 9.56. The average molecular weight is 608 g/mol. The van der Waals surface area contributed by atoms with E-state index in [2.05, 4.69) is 20.0 Å². The van der Waals surface area contributed by atoms with Gasteiger partial charge < -0.3 is 19.7 Å². The van der Waals surface area contributed by atoms with Gasteiger partial charge in [0.2, 0.25) is 11.8 Å². The molecule has 0 spiro atoms. The Morgan fingerprint density at radius 2 is 2.05 bits per heavy atom. The van der Waals surface area contributed by atoms with E-state index in [-0.39, 0.29) is 36.4 Å². The fourth-order valence-corrected chi connectivity index (χ4v) is 7.05. The molecule has 0 bridgehead atoms. The van der Waals surface area contributed by atoms with Gasteiger partial charge in [-0.15, -0.1) is 11.3 Å². The van der Waals surface area contributed by atoms with Crippen LogP contribution in [0, 0.1) is 5.53 Å². The zero-order chi connectivity index (χ0) is 29.7. The summed E-state index contributed by atoms with van der Waals surface area (Å²) in [6.45, 7) is 0.109. The second-order valence-corrected chi connectivity index (χ2v) is 12.2. The molecule has 4 rings (SSSR count). The second kappa shape index (κ2) is 12.5. The summed E-state index contributed by atoms with van der Waals surface area (Å²) in [6, 6.07) is 0.378. The number of thiophene rings is 1. The fraction of sp³-hybridized carbons (Fsp3) is 0.435. The average Bonchev–Trinajstić information content (AvgIpc) is 3.63. The molecular weight excluding hydrogens is 582 g/mol. The number of nitrogens with zero attached hydrogens (tertiary/aromatic N) is 4. The monoisotopic (exact) mass is 607 g/mol. The van der Waals surface area contributed by atoms with Crippen LogP contribution in [0.5, 0.6) is 0 Å². The maximum absolute atomic E-state index is 13.7. The second-order valence-electron chi connectivity index (χ2n) is 9.21. The summed E-state index contributed by atoms with van der Waals surface area (Å²) in [5, 5.41) is 19.1. The van der Waals surface area contributed by atoms with Crippen LogP contribution in [0.25, 0.3) is 10.6 Å². The van der Waals surface area contributed by atoms with E-state index in [0.717, 1.165) is 21.4 Å². The smallest absolute Gasteiger partial charge is 0.374 e. The lowest BCUT2D eigenvalue weighted by Gasteiger charge is -2.43. The Labute approximate surface area is 236 Å². The molecule has 2 aromatic rings. The molecule has 218 valence electrons. The van der Waals surface area contributed by atoms with E-state index in [0.29, 0.717) is 23.2 Å². The molecule has 2 fully saturated rings. The van der Waals surface area contributed by atoms with Gasteiger partial charge in [0.25, 0.3) is 21.7 Å². The molecule has 2 aromatic heterocycles. The molecule has 4 heterocycles. The van der Waals surface area contributed by atoms with Crippen LogP contribution in [0.15, 0.2) is 33.2 Å². The van der Waals surface area contributed by atoms with E-state index in [1.54, 1.807) is 6.07 Å². The number of amides is 3. The number of rotatable bonds is 11. The van der Waals surface area contributed by atoms with Crippen molar-refractivity contribution in [3.05, 3.63) is 24.5 Å². The fourth-order valence-electron chi connectivity index (χ4n) is 4.54. The molecule has 2 saturated heterocycles. The molecule has 0 saturated carbocycles. The van der Waals surface area contributed by atoms with Crippen LogP contribution in [0.2, 0.25) is 0 Å². The number of hydrazine groups is 1. The standard InChI is InChI=1S/C23H25N7O9S2/c24-25-12-17(31)13(4-7-20(33)34)26-22(35)16-2-1-10-29-19(32)6-3-15(23(36)30(16)29)28-41(37,38)21-8-5-18(40-21)14-9-11-39-27-14/h5,8-9,11-13,15-16,24,28H,1-4,6-7,10H2,(H-,26,33,34,35)/t13-,15-,16-/m0/s1. The van der Waals surface area contributed by atoms with Gasteiger partial charge in [-0.1, -0.05) is 5.16 Å². The first-order valence-corrected chi connectivity index (χ1v) is 14.7. The van der Waals surface area contributed by atoms with E-state index >= 15 is 0 Å². The number of sulfonamides is 1. The number of hydrogen-bond acceptors (Lipinski definition) is 12. The van der Waals surface area contributed by atoms with E-state index in [9.17, 15) is 37.5 Å². The van der Waals surface area contributed by atoms with Gasteiger partial charge in [-0.05, 0) is 44.2 Å². The highest BCUT2D eigenvalue weighted by atomic mass is 32.2. The number of fused-ring (bicyclic) bond motifs is 1. The molecule has 16 nitrogen and oxygen atoms in total. The molecule has 18 heteroatoms. The van der Waals surface area contributed by atoms with E-state index in [1.165, 1.54) is 18.4 Å². The number of carboxylic acids is 1. The highest BCUT2D eigenvalue weighted by Gasteiger charge is 2.45. The van der Waals surface area contributed by atoms with Gasteiger partial charge in [-0.2, -0.15) is 4.72 Å². The van der Waals surface area contributed by atoms with E-state index < -0.39 is 64.0 Å². The van der Waals surface area contributed by atoms with Gasteiger partial charge >= 0.3 is 6.21 Å². The molecule has 2 aliphatic heterocycles. The van der Waals surface area contributed by atoms with Gasteiger partial charge in [-0.25, -0.2) is 13.4 Å². The molecule has 41 heavy (non-hydrogen) atoms. The van der Waals surface area contributed by atoms with Crippen LogP contribution < -0.4 is 15.1 Å². The largest absolute Gasteiger partial charge is 0.550 e. The summed E-state index contributed by atoms with van der Waals surface area (Å²) in [4.78, 5) is 66.5. The number of carbonyl (C=O) groups is 5. The highest BCUT2D eigenvalue weighted by Crippen LogP contribution is 2.31. The van der Waals surface area contributed by atoms with Crippen molar-refractivity contribution in [2.75, 3.05) is 6.54 Å². The molecule has 0 radical (unpaired) electrons. The van der Waals surface area contributed by atoms with Gasteiger partial charge in [-0.3, -0.25) is 24.2 Å². The van der Waals surface area contributed by atoms with Crippen molar-refractivity contribution in [2.45, 2.75) is 60.9 Å². The predicted molar refractivity (Wildman–Crippen MR) is 135 cm³/mol. The molecule has 0 aliphatic carbocycles. The summed E-state index contributed by atoms with van der Waals surface area (Å²) >= 11 is 0.900. The van der Waals surface area contributed by atoms with Crippen LogP contribution in [-0.4, -0.2) is 88.7 Å². The Hall–Kier alpha value is -4.25. The summed E-state index contributed by atoms with van der Waals surface area (Å²) in [5.74, 6) is -4.49. The normalized spacial score (nSPS) is 20.0. The minimum absolute atomic E-state index is 0.0841. The van der Waals surface area contributed by atoms with E-state index in [1.807, 2.05) is 0 Å². The van der Waals surface area contributed by atoms with Gasteiger partial charge in [0.05, 0.1) is 21.2 Å². The minimum Gasteiger partial charge on any atom is -0.550 e. The first-order valence-electron chi connectivity index (χ1n) is 12.4. The molecule has 0 unspecified atom stereocenters. The van der Waals surface area contributed by atoms with Crippen LogP contribution in [0.1, 0.15) is 38.5 Å². The topological polar surface area (TPSA) is 237 Å². The van der Waals surface area contributed by atoms with E-state index in [4.69, 9.17) is 10.1 Å². The number of aliphatic carboxylic acids is 1. The minimum atomic E-state index is -4.23. The lowest BCUT2D eigenvalue weighted by molar-refractivity contribution is -0.305. The number of nitrogens with one attached hydrogen (secondary N) is 3. The van der Waals surface area contributed by atoms with Crippen molar-refractivity contribution in [3.63, 3.8) is 0 Å². The zero-order valence-electron chi connectivity index (χ0n) is 21.3. The Morgan fingerprint density at radius 3 is 2.73 bits per heavy atom. The third kappa shape index (κ3) is 6.74. The lowest BCUT2D eigenvalue weighted by atomic mass is 10.0. The maximum atomic E-state index is 13.7. The van der Waals surface area contributed by atoms with Crippen molar-refractivity contribution in [1.82, 2.24) is 25.2 Å². The third-order valence-electron chi connectivity index (χ3n) is 6.49. The first kappa shape index (κ1) is 29.7. The van der Waals surface area contributed by atoms with Crippen LogP contribution in [0.4, 0.5) is 0 Å². The molecule has 0 aromatic carbocycles. The Bertz CT molecular complexity index is 1500. The number of ketones is 1. The number of Topliss-reactive ketones (excluding diaryl/α,β-unsaturated/α-hetero) is 1. The van der Waals surface area contributed by atoms with Crippen molar-refractivity contribution >= 4 is 57.0 Å². The number of carboxylic acid groups (broad SMARTS) is 1. The van der Waals surface area contributed by atoms with Gasteiger partial charge in [0.15, 0.2) is 0 Å². The Balaban J connectivity index is 1.56. The van der Waals surface area contributed by atoms with Gasteiger partial charge in [0.1, 0.15) is 28.2 Å². The zero-order valence-corrected chi connectivity index (χ0v) is 23.0. The quantitative estimate of drug-likeness (QED) is 0.151. The maximum Gasteiger partial charge on any atom is 0.374 e. The Morgan fingerprint density at radius 1 is 1.27 bits per heavy atom. The van der Waals surface area contributed by atoms with Crippen molar-refractivity contribution in [2.24, 2.45) is 0 Å². The first-order chi connectivity index (χ1) is 19.5. The van der Waals surface area contributed by atoms with Crippen LogP contribution in [-0.2, 0) is 34.0 Å². The predicted octanol–water partition coefficient (Wildman–Crippen LogP) is -1.53. The number of hydrogen-bond donors (Lipinski definition) is 3. The molecule has 3 N–H and O–H groups in total. The lowest BCUT2D eigenvalue weighted by Crippen LogP contribution is -2.64. The molecule has 3 atom stereocenters. The van der Waals surface area contributed by atoms with Crippen LogP contribution in [0.3, 0.4) is 0 Å². The van der Waals surface area contributed by atoms with Gasteiger partial charge in [0, 0.05) is 25.0 Å².